The molecule has 3 aromatic carbocycles. The Labute approximate surface area is 177 Å². The molecule has 0 saturated carbocycles. The van der Waals surface area contributed by atoms with Gasteiger partial charge in [-0.2, -0.15) is 0 Å². The molecule has 0 atom stereocenters. The van der Waals surface area contributed by atoms with Crippen molar-refractivity contribution in [2.45, 2.75) is 0 Å². The first kappa shape index (κ1) is 18.6. The summed E-state index contributed by atoms with van der Waals surface area (Å²) in [4.78, 5) is 17.8. The molecule has 0 radical (unpaired) electrons. The monoisotopic (exact) mass is 409 g/mol. The van der Waals surface area contributed by atoms with E-state index in [1.165, 1.54) is 4.68 Å². The second-order valence-electron chi connectivity index (χ2n) is 6.99. The number of nitrogens with zero attached hydrogens (tertiary/aromatic N) is 6. The lowest BCUT2D eigenvalue weighted by molar-refractivity contribution is 0.731. The highest BCUT2D eigenvalue weighted by atomic mass is 16.1. The zero-order valence-electron chi connectivity index (χ0n) is 16.8. The molecular weight excluding hydrogens is 390 g/mol. The molecular formula is C23H19N7O. The molecule has 0 fully saturated rings. The quantitative estimate of drug-likeness (QED) is 0.442. The molecule has 0 spiro atoms. The smallest absolute Gasteiger partial charge is 0.301 e. The third-order valence-corrected chi connectivity index (χ3v) is 5.07. The van der Waals surface area contributed by atoms with Crippen LogP contribution in [-0.4, -0.2) is 18.9 Å². The van der Waals surface area contributed by atoms with Gasteiger partial charge in [0.05, 0.1) is 22.4 Å². The summed E-state index contributed by atoms with van der Waals surface area (Å²) in [5, 5.41) is 8.47. The SMILES string of the molecule is Cn1c(N=Nc2c(N)n(-c3ccccc3)n(-c3ccccc3)c2=O)nc2ccccc21. The number of nitrogen functional groups attached to an aromatic ring is 1. The summed E-state index contributed by atoms with van der Waals surface area (Å²) < 4.78 is 4.95. The Morgan fingerprint density at radius 2 is 1.35 bits per heavy atom. The highest BCUT2D eigenvalue weighted by Crippen LogP contribution is 2.27. The van der Waals surface area contributed by atoms with E-state index in [4.69, 9.17) is 5.73 Å². The van der Waals surface area contributed by atoms with Crippen molar-refractivity contribution in [3.05, 3.63) is 95.3 Å². The maximum absolute atomic E-state index is 13.3. The van der Waals surface area contributed by atoms with Crippen LogP contribution in [0.1, 0.15) is 0 Å². The van der Waals surface area contributed by atoms with Gasteiger partial charge in [0, 0.05) is 7.05 Å². The summed E-state index contributed by atoms with van der Waals surface area (Å²) in [7, 11) is 1.85. The average molecular weight is 409 g/mol. The molecule has 0 unspecified atom stereocenters. The van der Waals surface area contributed by atoms with Crippen LogP contribution in [0.5, 0.6) is 0 Å². The first-order chi connectivity index (χ1) is 15.1. The van der Waals surface area contributed by atoms with Gasteiger partial charge in [0.15, 0.2) is 11.5 Å². The van der Waals surface area contributed by atoms with Crippen LogP contribution in [0.3, 0.4) is 0 Å². The van der Waals surface area contributed by atoms with E-state index in [9.17, 15) is 4.79 Å². The van der Waals surface area contributed by atoms with Gasteiger partial charge in [-0.15, -0.1) is 10.2 Å². The Bertz CT molecular complexity index is 1460. The summed E-state index contributed by atoms with van der Waals surface area (Å²) in [6, 6.07) is 26.4. The Morgan fingerprint density at radius 1 is 0.774 bits per heavy atom. The highest BCUT2D eigenvalue weighted by Gasteiger charge is 2.20. The van der Waals surface area contributed by atoms with Crippen molar-refractivity contribution in [3.63, 3.8) is 0 Å². The second kappa shape index (κ2) is 7.42. The Kier molecular flexibility index (Phi) is 4.44. The van der Waals surface area contributed by atoms with Gasteiger partial charge >= 0.3 is 5.56 Å². The second-order valence-corrected chi connectivity index (χ2v) is 6.99. The van der Waals surface area contributed by atoms with Crippen LogP contribution in [0.4, 0.5) is 17.5 Å². The summed E-state index contributed by atoms with van der Waals surface area (Å²) >= 11 is 0. The van der Waals surface area contributed by atoms with Crippen molar-refractivity contribution < 1.29 is 0 Å². The van der Waals surface area contributed by atoms with Gasteiger partial charge in [0.2, 0.25) is 5.95 Å². The topological polar surface area (TPSA) is 95.5 Å². The number of aryl methyl sites for hydroxylation is 1. The van der Waals surface area contributed by atoms with Gasteiger partial charge in [-0.3, -0.25) is 4.79 Å². The van der Waals surface area contributed by atoms with Crippen molar-refractivity contribution in [1.29, 1.82) is 0 Å². The number of benzene rings is 3. The molecule has 8 nitrogen and oxygen atoms in total. The predicted molar refractivity (Wildman–Crippen MR) is 121 cm³/mol. The van der Waals surface area contributed by atoms with Crippen LogP contribution >= 0.6 is 0 Å². The number of imidazole rings is 1. The van der Waals surface area contributed by atoms with E-state index < -0.39 is 0 Å². The van der Waals surface area contributed by atoms with Gasteiger partial charge in [-0.05, 0) is 36.4 Å². The van der Waals surface area contributed by atoms with Gasteiger partial charge in [-0.1, -0.05) is 48.5 Å². The van der Waals surface area contributed by atoms with Crippen LogP contribution in [0, 0.1) is 0 Å². The van der Waals surface area contributed by atoms with Gasteiger partial charge < -0.3 is 10.3 Å². The minimum Gasteiger partial charge on any atom is -0.382 e. The summed E-state index contributed by atoms with van der Waals surface area (Å²) in [6.45, 7) is 0. The zero-order chi connectivity index (χ0) is 21.4. The molecule has 5 rings (SSSR count). The lowest BCUT2D eigenvalue weighted by atomic mass is 10.3. The molecule has 0 aliphatic heterocycles. The Hall–Kier alpha value is -4.46. The van der Waals surface area contributed by atoms with E-state index in [0.29, 0.717) is 11.6 Å². The number of para-hydroxylation sites is 4. The van der Waals surface area contributed by atoms with Crippen molar-refractivity contribution in [1.82, 2.24) is 18.9 Å². The van der Waals surface area contributed by atoms with Crippen LogP contribution in [0.15, 0.2) is 100.0 Å². The standard InChI is InChI=1S/C23H19N7O/c1-28-19-15-9-8-14-18(19)25-23(28)27-26-20-21(24)29(16-10-4-2-5-11-16)30(22(20)31)17-12-6-3-7-13-17/h2-15H,24H2,1H3. The first-order valence-corrected chi connectivity index (χ1v) is 9.72. The Balaban J connectivity index is 1.69. The van der Waals surface area contributed by atoms with E-state index in [1.807, 2.05) is 96.5 Å². The maximum Gasteiger partial charge on any atom is 0.301 e. The molecule has 2 aromatic heterocycles. The molecule has 0 aliphatic rings. The summed E-state index contributed by atoms with van der Waals surface area (Å²) in [6.07, 6.45) is 0. The minimum absolute atomic E-state index is 0.0553. The van der Waals surface area contributed by atoms with E-state index in [2.05, 4.69) is 15.2 Å². The van der Waals surface area contributed by atoms with E-state index in [1.54, 1.807) is 4.68 Å². The van der Waals surface area contributed by atoms with Crippen molar-refractivity contribution in [2.75, 3.05) is 5.73 Å². The lowest BCUT2D eigenvalue weighted by Crippen LogP contribution is -2.20. The average Bonchev–Trinajstić information content (AvgIpc) is 3.26. The fourth-order valence-electron chi connectivity index (χ4n) is 3.55. The minimum atomic E-state index is -0.366. The lowest BCUT2D eigenvalue weighted by Gasteiger charge is -2.12. The Morgan fingerprint density at radius 3 is 2.00 bits per heavy atom. The molecule has 2 N–H and O–H groups in total. The number of aromatic nitrogens is 4. The predicted octanol–water partition coefficient (Wildman–Crippen LogP) is 4.51. The number of azo groups is 1. The third-order valence-electron chi connectivity index (χ3n) is 5.07. The van der Waals surface area contributed by atoms with Crippen molar-refractivity contribution in [3.8, 4) is 11.4 Å². The van der Waals surface area contributed by atoms with Gasteiger partial charge in [0.1, 0.15) is 0 Å². The van der Waals surface area contributed by atoms with E-state index in [-0.39, 0.29) is 17.1 Å². The number of fused-ring (bicyclic) bond motifs is 1. The van der Waals surface area contributed by atoms with E-state index in [0.717, 1.165) is 16.7 Å². The third kappa shape index (κ3) is 3.10. The molecule has 31 heavy (non-hydrogen) atoms. The molecule has 0 aliphatic carbocycles. The number of hydrogen-bond donors (Lipinski definition) is 1. The number of hydrogen-bond acceptors (Lipinski definition) is 5. The van der Waals surface area contributed by atoms with Gasteiger partial charge in [-0.25, -0.2) is 14.3 Å². The molecule has 0 amide bonds. The summed E-state index contributed by atoms with van der Waals surface area (Å²) in [5.41, 5.74) is 9.24. The van der Waals surface area contributed by atoms with Crippen LogP contribution in [0.2, 0.25) is 0 Å². The molecule has 5 aromatic rings. The molecule has 152 valence electrons. The van der Waals surface area contributed by atoms with Crippen LogP contribution in [-0.2, 0) is 7.05 Å². The molecule has 0 saturated heterocycles. The summed E-state index contributed by atoms with van der Waals surface area (Å²) in [5.74, 6) is 0.585. The largest absolute Gasteiger partial charge is 0.382 e. The van der Waals surface area contributed by atoms with Gasteiger partial charge in [0.25, 0.3) is 0 Å². The normalized spacial score (nSPS) is 11.5. The zero-order valence-corrected chi connectivity index (χ0v) is 16.8. The maximum atomic E-state index is 13.3. The highest BCUT2D eigenvalue weighted by molar-refractivity contribution is 5.77. The first-order valence-electron chi connectivity index (χ1n) is 9.72. The number of anilines is 1. The molecule has 0 bridgehead atoms. The number of rotatable bonds is 4. The molecule has 8 heteroatoms. The van der Waals surface area contributed by atoms with Crippen molar-refractivity contribution in [2.24, 2.45) is 17.3 Å². The van der Waals surface area contributed by atoms with E-state index >= 15 is 0 Å². The fourth-order valence-corrected chi connectivity index (χ4v) is 3.55. The van der Waals surface area contributed by atoms with Crippen molar-refractivity contribution >= 4 is 28.5 Å². The van der Waals surface area contributed by atoms with Crippen LogP contribution in [0.25, 0.3) is 22.4 Å². The molecule has 2 heterocycles. The van der Waals surface area contributed by atoms with Crippen LogP contribution < -0.4 is 11.3 Å². The number of nitrogens with two attached hydrogens (primary N) is 1. The fraction of sp³-hybridized carbons (Fsp3) is 0.0435.